The molecule has 3 heteroatoms. The van der Waals surface area contributed by atoms with Crippen molar-refractivity contribution in [1.82, 2.24) is 5.32 Å². The third kappa shape index (κ3) is 4.49. The smallest absolute Gasteiger partial charge is 0.0668 e. The van der Waals surface area contributed by atoms with Crippen molar-refractivity contribution in [2.45, 2.75) is 44.6 Å². The summed E-state index contributed by atoms with van der Waals surface area (Å²) in [5.41, 5.74) is -0.283. The summed E-state index contributed by atoms with van der Waals surface area (Å²) in [5.74, 6) is 0.749. The molecule has 0 aromatic rings. The summed E-state index contributed by atoms with van der Waals surface area (Å²) in [7, 11) is 1.86. The molecule has 3 nitrogen and oxygen atoms in total. The quantitative estimate of drug-likeness (QED) is 0.706. The van der Waals surface area contributed by atoms with E-state index in [9.17, 15) is 5.11 Å². The Hall–Kier alpha value is -0.120. The van der Waals surface area contributed by atoms with E-state index in [0.717, 1.165) is 12.5 Å². The van der Waals surface area contributed by atoms with Gasteiger partial charge in [0.1, 0.15) is 0 Å². The molecule has 1 aliphatic rings. The zero-order valence-corrected chi connectivity index (χ0v) is 10.1. The van der Waals surface area contributed by atoms with Gasteiger partial charge in [0.25, 0.3) is 0 Å². The molecule has 1 unspecified atom stereocenters. The van der Waals surface area contributed by atoms with Crippen LogP contribution in [0.2, 0.25) is 0 Å². The Kier molecular flexibility index (Phi) is 5.58. The third-order valence-corrected chi connectivity index (χ3v) is 3.45. The number of aliphatic hydroxyl groups is 1. The molecule has 1 aliphatic carbocycles. The van der Waals surface area contributed by atoms with Gasteiger partial charge in [-0.3, -0.25) is 0 Å². The van der Waals surface area contributed by atoms with E-state index < -0.39 is 0 Å². The molecule has 0 amide bonds. The van der Waals surface area contributed by atoms with Crippen molar-refractivity contribution in [3.63, 3.8) is 0 Å². The number of aliphatic hydroxyl groups excluding tert-OH is 1. The summed E-state index contributed by atoms with van der Waals surface area (Å²) in [6, 6.07) is 0. The molecule has 15 heavy (non-hydrogen) atoms. The Morgan fingerprint density at radius 3 is 2.53 bits per heavy atom. The van der Waals surface area contributed by atoms with Gasteiger partial charge in [0.15, 0.2) is 0 Å². The Bertz CT molecular complexity index is 163. The van der Waals surface area contributed by atoms with Crippen LogP contribution in [0.1, 0.15) is 39.0 Å². The summed E-state index contributed by atoms with van der Waals surface area (Å²) in [6.07, 6.45) is 6.74. The lowest BCUT2D eigenvalue weighted by atomic mass is 9.90. The number of hydrogen-bond acceptors (Lipinski definition) is 3. The Balaban J connectivity index is 2.14. The van der Waals surface area contributed by atoms with Crippen LogP contribution in [0.5, 0.6) is 0 Å². The van der Waals surface area contributed by atoms with Gasteiger partial charge in [-0.2, -0.15) is 0 Å². The van der Waals surface area contributed by atoms with E-state index in [-0.39, 0.29) is 12.1 Å². The number of likely N-dealkylation sites (N-methyl/N-ethyl adjacent to an activating group) is 1. The SMILES string of the molecule is CNC(C)(CO)COCC1CCCCC1. The van der Waals surface area contributed by atoms with Gasteiger partial charge in [-0.05, 0) is 32.7 Å². The second-order valence-electron chi connectivity index (χ2n) is 4.99. The first-order valence-corrected chi connectivity index (χ1v) is 6.08. The fourth-order valence-electron chi connectivity index (χ4n) is 2.00. The minimum Gasteiger partial charge on any atom is -0.394 e. The molecule has 0 aliphatic heterocycles. The lowest BCUT2D eigenvalue weighted by Crippen LogP contribution is -2.47. The fourth-order valence-corrected chi connectivity index (χ4v) is 2.00. The van der Waals surface area contributed by atoms with Crippen molar-refractivity contribution < 1.29 is 9.84 Å². The average molecular weight is 215 g/mol. The van der Waals surface area contributed by atoms with Crippen LogP contribution >= 0.6 is 0 Å². The highest BCUT2D eigenvalue weighted by atomic mass is 16.5. The molecule has 1 fully saturated rings. The highest BCUT2D eigenvalue weighted by Gasteiger charge is 2.22. The minimum atomic E-state index is -0.283. The van der Waals surface area contributed by atoms with Crippen molar-refractivity contribution >= 4 is 0 Å². The van der Waals surface area contributed by atoms with Crippen molar-refractivity contribution in [3.05, 3.63) is 0 Å². The maximum atomic E-state index is 9.18. The summed E-state index contributed by atoms with van der Waals surface area (Å²) in [4.78, 5) is 0. The van der Waals surface area contributed by atoms with Crippen LogP contribution in [0.3, 0.4) is 0 Å². The maximum absolute atomic E-state index is 9.18. The van der Waals surface area contributed by atoms with Gasteiger partial charge in [-0.25, -0.2) is 0 Å². The van der Waals surface area contributed by atoms with E-state index in [1.54, 1.807) is 0 Å². The van der Waals surface area contributed by atoms with Crippen molar-refractivity contribution in [2.75, 3.05) is 26.9 Å². The van der Waals surface area contributed by atoms with E-state index in [4.69, 9.17) is 4.74 Å². The molecule has 0 spiro atoms. The molecule has 1 rings (SSSR count). The zero-order valence-electron chi connectivity index (χ0n) is 10.1. The molecule has 0 saturated heterocycles. The zero-order chi connectivity index (χ0) is 11.1. The lowest BCUT2D eigenvalue weighted by molar-refractivity contribution is 0.0246. The fraction of sp³-hybridized carbons (Fsp3) is 1.00. The lowest BCUT2D eigenvalue weighted by Gasteiger charge is -2.28. The van der Waals surface area contributed by atoms with Gasteiger partial charge in [-0.15, -0.1) is 0 Å². The second-order valence-corrected chi connectivity index (χ2v) is 4.99. The standard InChI is InChI=1S/C12H25NO2/c1-12(9-14,13-2)10-15-8-11-6-4-3-5-7-11/h11,13-14H,3-10H2,1-2H3. The molecule has 2 N–H and O–H groups in total. The van der Waals surface area contributed by atoms with Gasteiger partial charge >= 0.3 is 0 Å². The molecule has 0 radical (unpaired) electrons. The molecule has 0 aromatic carbocycles. The first kappa shape index (κ1) is 12.9. The topological polar surface area (TPSA) is 41.5 Å². The highest BCUT2D eigenvalue weighted by molar-refractivity contribution is 4.80. The minimum absolute atomic E-state index is 0.119. The normalized spacial score (nSPS) is 22.6. The summed E-state index contributed by atoms with van der Waals surface area (Å²) in [6.45, 7) is 3.55. The Morgan fingerprint density at radius 2 is 2.00 bits per heavy atom. The first-order chi connectivity index (χ1) is 7.20. The van der Waals surface area contributed by atoms with Crippen molar-refractivity contribution in [2.24, 2.45) is 5.92 Å². The number of rotatable bonds is 6. The van der Waals surface area contributed by atoms with Gasteiger partial charge < -0.3 is 15.2 Å². The summed E-state index contributed by atoms with van der Waals surface area (Å²) >= 11 is 0. The Labute approximate surface area is 93.2 Å². The molecule has 90 valence electrons. The van der Waals surface area contributed by atoms with Crippen LogP contribution in [-0.2, 0) is 4.74 Å². The van der Waals surface area contributed by atoms with Crippen molar-refractivity contribution in [3.8, 4) is 0 Å². The van der Waals surface area contributed by atoms with Gasteiger partial charge in [0.2, 0.25) is 0 Å². The van der Waals surface area contributed by atoms with E-state index in [1.165, 1.54) is 32.1 Å². The molecule has 0 bridgehead atoms. The Morgan fingerprint density at radius 1 is 1.33 bits per heavy atom. The van der Waals surface area contributed by atoms with E-state index in [1.807, 2.05) is 14.0 Å². The molecule has 0 aromatic heterocycles. The van der Waals surface area contributed by atoms with Crippen LogP contribution in [0.15, 0.2) is 0 Å². The number of hydrogen-bond donors (Lipinski definition) is 2. The molecule has 0 heterocycles. The van der Waals surface area contributed by atoms with Gasteiger partial charge in [0, 0.05) is 6.61 Å². The van der Waals surface area contributed by atoms with E-state index >= 15 is 0 Å². The molecular weight excluding hydrogens is 190 g/mol. The highest BCUT2D eigenvalue weighted by Crippen LogP contribution is 2.23. The van der Waals surface area contributed by atoms with Gasteiger partial charge in [-0.1, -0.05) is 19.3 Å². The summed E-state index contributed by atoms with van der Waals surface area (Å²) < 4.78 is 5.70. The van der Waals surface area contributed by atoms with Gasteiger partial charge in [0.05, 0.1) is 18.8 Å². The van der Waals surface area contributed by atoms with Crippen molar-refractivity contribution in [1.29, 1.82) is 0 Å². The molecular formula is C12H25NO2. The van der Waals surface area contributed by atoms with Crippen LogP contribution < -0.4 is 5.32 Å². The van der Waals surface area contributed by atoms with Crippen LogP contribution in [-0.4, -0.2) is 37.5 Å². The van der Waals surface area contributed by atoms with E-state index in [2.05, 4.69) is 5.32 Å². The largest absolute Gasteiger partial charge is 0.394 e. The summed E-state index contributed by atoms with van der Waals surface area (Å²) in [5, 5.41) is 12.3. The van der Waals surface area contributed by atoms with E-state index in [0.29, 0.717) is 6.61 Å². The monoisotopic (exact) mass is 215 g/mol. The maximum Gasteiger partial charge on any atom is 0.0668 e. The predicted molar refractivity (Wildman–Crippen MR) is 61.9 cm³/mol. The molecule has 1 atom stereocenters. The average Bonchev–Trinajstić information content (AvgIpc) is 2.30. The van der Waals surface area contributed by atoms with Crippen LogP contribution in [0, 0.1) is 5.92 Å². The third-order valence-electron chi connectivity index (χ3n) is 3.45. The number of nitrogens with one attached hydrogen (secondary N) is 1. The predicted octanol–water partition coefficient (Wildman–Crippen LogP) is 1.55. The van der Waals surface area contributed by atoms with Crippen LogP contribution in [0.4, 0.5) is 0 Å². The molecule has 1 saturated carbocycles. The first-order valence-electron chi connectivity index (χ1n) is 6.08. The second kappa shape index (κ2) is 6.46. The number of ether oxygens (including phenoxy) is 1. The van der Waals surface area contributed by atoms with Crippen LogP contribution in [0.25, 0.3) is 0 Å².